The van der Waals surface area contributed by atoms with Gasteiger partial charge in [-0.25, -0.2) is 4.39 Å². The molecule has 1 aromatic heterocycles. The maximum atomic E-state index is 13.0. The minimum Gasteiger partial charge on any atom is -0.310 e. The fourth-order valence-corrected chi connectivity index (χ4v) is 1.22. The first kappa shape index (κ1) is 6.73. The number of rotatable bonds is 1. The van der Waals surface area contributed by atoms with Crippen molar-refractivity contribution >= 4 is 0 Å². The van der Waals surface area contributed by atoms with Crippen LogP contribution in [0.5, 0.6) is 0 Å². The fourth-order valence-electron chi connectivity index (χ4n) is 1.22. The highest BCUT2D eigenvalue weighted by molar-refractivity contribution is 5.19. The molecule has 0 unspecified atom stereocenters. The molecule has 3 heteroatoms. The van der Waals surface area contributed by atoms with Gasteiger partial charge >= 0.3 is 0 Å². The predicted molar refractivity (Wildman–Crippen MR) is 39.6 cm³/mol. The van der Waals surface area contributed by atoms with E-state index in [4.69, 9.17) is 0 Å². The van der Waals surface area contributed by atoms with Crippen LogP contribution in [0, 0.1) is 5.82 Å². The summed E-state index contributed by atoms with van der Waals surface area (Å²) in [6.45, 7) is 0.992. The lowest BCUT2D eigenvalue weighted by Crippen LogP contribution is -2.35. The summed E-state index contributed by atoms with van der Waals surface area (Å²) in [5, 5.41) is 3.13. The Morgan fingerprint density at radius 3 is 3.00 bits per heavy atom. The van der Waals surface area contributed by atoms with E-state index < -0.39 is 0 Å². The van der Waals surface area contributed by atoms with E-state index in [1.165, 1.54) is 6.20 Å². The Hall–Kier alpha value is -0.960. The van der Waals surface area contributed by atoms with Gasteiger partial charge in [-0.1, -0.05) is 0 Å². The van der Waals surface area contributed by atoms with Crippen molar-refractivity contribution in [2.75, 3.05) is 6.54 Å². The normalized spacial score (nSPS) is 22.8. The molecule has 1 N–H and O–H groups in total. The van der Waals surface area contributed by atoms with Crippen molar-refractivity contribution in [2.24, 2.45) is 0 Å². The van der Waals surface area contributed by atoms with E-state index in [2.05, 4.69) is 10.3 Å². The van der Waals surface area contributed by atoms with Crippen molar-refractivity contribution in [3.05, 3.63) is 29.8 Å². The first-order chi connectivity index (χ1) is 5.38. The highest BCUT2D eigenvalue weighted by Crippen LogP contribution is 2.23. The molecular formula is C8H9FN2. The van der Waals surface area contributed by atoms with Crippen LogP contribution >= 0.6 is 0 Å². The number of aromatic nitrogens is 1. The minimum atomic E-state index is -0.204. The second kappa shape index (κ2) is 2.58. The largest absolute Gasteiger partial charge is 0.310 e. The van der Waals surface area contributed by atoms with Gasteiger partial charge in [0.25, 0.3) is 0 Å². The van der Waals surface area contributed by atoms with Crippen molar-refractivity contribution in [1.82, 2.24) is 10.3 Å². The molecule has 1 aliphatic rings. The smallest absolute Gasteiger partial charge is 0.146 e. The molecular weight excluding hydrogens is 143 g/mol. The lowest BCUT2D eigenvalue weighted by atomic mass is 9.99. The van der Waals surface area contributed by atoms with E-state index in [1.807, 2.05) is 0 Å². The number of nitrogens with zero attached hydrogens (tertiary/aromatic N) is 1. The summed E-state index contributed by atoms with van der Waals surface area (Å²) in [6, 6.07) is 1.95. The van der Waals surface area contributed by atoms with Gasteiger partial charge in [0.2, 0.25) is 0 Å². The van der Waals surface area contributed by atoms with E-state index >= 15 is 0 Å². The summed E-state index contributed by atoms with van der Waals surface area (Å²) >= 11 is 0. The number of hydrogen-bond acceptors (Lipinski definition) is 2. The predicted octanol–water partition coefficient (Wildman–Crippen LogP) is 1.26. The van der Waals surface area contributed by atoms with Crippen molar-refractivity contribution in [2.45, 2.75) is 12.5 Å². The maximum absolute atomic E-state index is 13.0. The number of nitrogens with one attached hydrogen (secondary N) is 1. The highest BCUT2D eigenvalue weighted by atomic mass is 19.1. The third-order valence-electron chi connectivity index (χ3n) is 2.00. The first-order valence-electron chi connectivity index (χ1n) is 3.71. The van der Waals surface area contributed by atoms with Gasteiger partial charge in [-0.05, 0) is 19.0 Å². The van der Waals surface area contributed by atoms with Gasteiger partial charge in [0.05, 0.1) is 6.20 Å². The Morgan fingerprint density at radius 1 is 1.64 bits per heavy atom. The minimum absolute atomic E-state index is 0.204. The molecule has 0 aliphatic carbocycles. The van der Waals surface area contributed by atoms with Crippen molar-refractivity contribution < 1.29 is 4.39 Å². The van der Waals surface area contributed by atoms with Crippen molar-refractivity contribution in [3.63, 3.8) is 0 Å². The molecule has 11 heavy (non-hydrogen) atoms. The van der Waals surface area contributed by atoms with E-state index in [0.717, 1.165) is 18.5 Å². The third kappa shape index (κ3) is 1.12. The van der Waals surface area contributed by atoms with Crippen LogP contribution in [0.2, 0.25) is 0 Å². The fraction of sp³-hybridized carbons (Fsp3) is 0.375. The van der Waals surface area contributed by atoms with Gasteiger partial charge in [-0.3, -0.25) is 4.98 Å². The summed E-state index contributed by atoms with van der Waals surface area (Å²) < 4.78 is 13.0. The zero-order valence-electron chi connectivity index (χ0n) is 6.05. The molecule has 1 saturated heterocycles. The lowest BCUT2D eigenvalue weighted by molar-refractivity contribution is 0.369. The van der Waals surface area contributed by atoms with E-state index in [1.54, 1.807) is 12.3 Å². The second-order valence-electron chi connectivity index (χ2n) is 2.69. The van der Waals surface area contributed by atoms with Gasteiger partial charge in [0, 0.05) is 17.8 Å². The Balaban J connectivity index is 2.28. The quantitative estimate of drug-likeness (QED) is 0.655. The molecule has 58 valence electrons. The molecule has 0 aromatic carbocycles. The van der Waals surface area contributed by atoms with Crippen molar-refractivity contribution in [3.8, 4) is 0 Å². The second-order valence-corrected chi connectivity index (χ2v) is 2.69. The molecule has 0 radical (unpaired) electrons. The van der Waals surface area contributed by atoms with Crippen molar-refractivity contribution in [1.29, 1.82) is 0 Å². The Kier molecular flexibility index (Phi) is 1.58. The van der Waals surface area contributed by atoms with Crippen LogP contribution in [0.15, 0.2) is 18.5 Å². The highest BCUT2D eigenvalue weighted by Gasteiger charge is 2.20. The standard InChI is InChI=1S/C8H9FN2/c9-7-5-10-3-1-6(7)8-2-4-11-8/h1,3,5,8,11H,2,4H2/t8-/m1/s1. The molecule has 0 spiro atoms. The van der Waals surface area contributed by atoms with Gasteiger partial charge in [-0.15, -0.1) is 0 Å². The molecule has 1 aliphatic heterocycles. The number of hydrogen-bond donors (Lipinski definition) is 1. The Bertz CT molecular complexity index is 258. The van der Waals surface area contributed by atoms with Crippen LogP contribution in [0.25, 0.3) is 0 Å². The van der Waals surface area contributed by atoms with Crippen LogP contribution in [-0.2, 0) is 0 Å². The molecule has 0 saturated carbocycles. The molecule has 2 rings (SSSR count). The molecule has 1 fully saturated rings. The topological polar surface area (TPSA) is 24.9 Å². The van der Waals surface area contributed by atoms with Gasteiger partial charge < -0.3 is 5.32 Å². The molecule has 2 nitrogen and oxygen atoms in total. The number of pyridine rings is 1. The van der Waals surface area contributed by atoms with E-state index in [9.17, 15) is 4.39 Å². The summed E-state index contributed by atoms with van der Waals surface area (Å²) in [5.41, 5.74) is 0.742. The summed E-state index contributed by atoms with van der Waals surface area (Å²) in [7, 11) is 0. The summed E-state index contributed by atoms with van der Waals surface area (Å²) in [6.07, 6.45) is 3.91. The number of halogens is 1. The van der Waals surface area contributed by atoms with Crippen LogP contribution in [0.4, 0.5) is 4.39 Å². The summed E-state index contributed by atoms with van der Waals surface area (Å²) in [5.74, 6) is -0.204. The van der Waals surface area contributed by atoms with Gasteiger partial charge in [0.15, 0.2) is 0 Å². The molecule has 1 aromatic rings. The first-order valence-corrected chi connectivity index (χ1v) is 3.71. The molecule has 2 heterocycles. The van der Waals surface area contributed by atoms with Crippen LogP contribution in [0.3, 0.4) is 0 Å². The van der Waals surface area contributed by atoms with E-state index in [0.29, 0.717) is 0 Å². The monoisotopic (exact) mass is 152 g/mol. The zero-order chi connectivity index (χ0) is 7.68. The van der Waals surface area contributed by atoms with Gasteiger partial charge in [-0.2, -0.15) is 0 Å². The molecule has 0 amide bonds. The Morgan fingerprint density at radius 2 is 2.45 bits per heavy atom. The van der Waals surface area contributed by atoms with Crippen LogP contribution in [-0.4, -0.2) is 11.5 Å². The summed E-state index contributed by atoms with van der Waals surface area (Å²) in [4.78, 5) is 3.68. The average Bonchev–Trinajstić information content (AvgIpc) is 1.90. The average molecular weight is 152 g/mol. The Labute approximate surface area is 64.5 Å². The lowest BCUT2D eigenvalue weighted by Gasteiger charge is -2.27. The van der Waals surface area contributed by atoms with Crippen LogP contribution in [0.1, 0.15) is 18.0 Å². The maximum Gasteiger partial charge on any atom is 0.146 e. The molecule has 0 bridgehead atoms. The van der Waals surface area contributed by atoms with Crippen LogP contribution < -0.4 is 5.32 Å². The van der Waals surface area contributed by atoms with Gasteiger partial charge in [0.1, 0.15) is 5.82 Å². The third-order valence-corrected chi connectivity index (χ3v) is 2.00. The van der Waals surface area contributed by atoms with E-state index in [-0.39, 0.29) is 11.9 Å². The zero-order valence-corrected chi connectivity index (χ0v) is 6.05. The SMILES string of the molecule is Fc1cnccc1[C@H]1CCN1. The molecule has 1 atom stereocenters.